The minimum absolute atomic E-state index is 0. The van der Waals surface area contributed by atoms with Crippen molar-refractivity contribution in [3.63, 3.8) is 0 Å². The summed E-state index contributed by atoms with van der Waals surface area (Å²) in [4.78, 5) is 0. The van der Waals surface area contributed by atoms with Gasteiger partial charge in [0.2, 0.25) is 0 Å². The van der Waals surface area contributed by atoms with Gasteiger partial charge < -0.3 is 0 Å². The summed E-state index contributed by atoms with van der Waals surface area (Å²) in [6.07, 6.45) is 20.9. The second-order valence-electron chi connectivity index (χ2n) is 3.62. The van der Waals surface area contributed by atoms with E-state index in [1.54, 1.807) is 18.2 Å². The van der Waals surface area contributed by atoms with Crippen LogP contribution in [0.4, 0.5) is 0 Å². The van der Waals surface area contributed by atoms with Gasteiger partial charge in [0.15, 0.2) is 0 Å². The molecule has 0 amide bonds. The van der Waals surface area contributed by atoms with Crippen LogP contribution in [0.2, 0.25) is 0 Å². The van der Waals surface area contributed by atoms with Crippen LogP contribution in [0, 0.1) is 17.6 Å². The molecule has 1 rings (SSSR count). The Labute approximate surface area is 139 Å². The molecule has 0 bridgehead atoms. The molecule has 1 aliphatic carbocycles. The molecule has 0 heterocycles. The Bertz CT molecular complexity index is 274. The van der Waals surface area contributed by atoms with Gasteiger partial charge in [0, 0.05) is 32.7 Å². The molecule has 97 valence electrons. The minimum Gasteiger partial charge on any atom is -0.194 e. The molecular formula is C17H24Y-2. The number of rotatable bonds is 2. The first-order chi connectivity index (χ1) is 8.12. The van der Waals surface area contributed by atoms with Crippen molar-refractivity contribution in [2.45, 2.75) is 27.7 Å². The van der Waals surface area contributed by atoms with E-state index in [1.807, 2.05) is 32.1 Å². The average Bonchev–Trinajstić information content (AvgIpc) is 2.53. The SMILES string of the molecule is C=C[C-]=CC=C.CC.CC1(C)C=C[C-]=CC=C1.[Y]. The van der Waals surface area contributed by atoms with Crippen molar-refractivity contribution < 1.29 is 32.7 Å². The predicted molar refractivity (Wildman–Crippen MR) is 79.4 cm³/mol. The molecule has 0 atom stereocenters. The quantitative estimate of drug-likeness (QED) is 0.483. The number of hydrogen-bond acceptors (Lipinski definition) is 0. The third-order valence-corrected chi connectivity index (χ3v) is 1.66. The van der Waals surface area contributed by atoms with Gasteiger partial charge in [-0.3, -0.25) is 0 Å². The summed E-state index contributed by atoms with van der Waals surface area (Å²) >= 11 is 0. The van der Waals surface area contributed by atoms with Crippen molar-refractivity contribution in [2.75, 3.05) is 0 Å². The van der Waals surface area contributed by atoms with Gasteiger partial charge in [-0.25, -0.2) is 0 Å². The maximum absolute atomic E-state index is 3.43. The Hall–Kier alpha value is -0.456. The molecule has 0 saturated carbocycles. The van der Waals surface area contributed by atoms with Gasteiger partial charge in [-0.05, 0) is 0 Å². The van der Waals surface area contributed by atoms with Crippen LogP contribution in [0.25, 0.3) is 0 Å². The van der Waals surface area contributed by atoms with Crippen LogP contribution < -0.4 is 0 Å². The van der Waals surface area contributed by atoms with Crippen molar-refractivity contribution in [2.24, 2.45) is 5.41 Å². The van der Waals surface area contributed by atoms with Crippen molar-refractivity contribution in [3.05, 3.63) is 73.9 Å². The summed E-state index contributed by atoms with van der Waals surface area (Å²) < 4.78 is 0. The maximum Gasteiger partial charge on any atom is 0 e. The van der Waals surface area contributed by atoms with Gasteiger partial charge in [0.25, 0.3) is 0 Å². The van der Waals surface area contributed by atoms with E-state index in [4.69, 9.17) is 0 Å². The van der Waals surface area contributed by atoms with Gasteiger partial charge in [0.05, 0.1) is 0 Å². The molecule has 0 N–H and O–H groups in total. The Balaban J connectivity index is -0.000000222. The first-order valence-corrected chi connectivity index (χ1v) is 5.88. The monoisotopic (exact) mass is 317 g/mol. The normalized spacial score (nSPS) is 14.2. The smallest absolute Gasteiger partial charge is 0 e. The Morgan fingerprint density at radius 3 is 2.22 bits per heavy atom. The fourth-order valence-corrected chi connectivity index (χ4v) is 0.862. The standard InChI is InChI=1S/C9H11.C6H7.C2H6.Y/c1-9(2)7-5-3-4-6-8-9;1-3-5-6-4-2;1-2;/h3,5-8H,1-2H3;3-5H,1-2H2;1-2H3;/q2*-1;;. The molecule has 0 aromatic carbocycles. The fraction of sp³-hybridized carbons (Fsp3) is 0.294. The van der Waals surface area contributed by atoms with E-state index in [-0.39, 0.29) is 38.1 Å². The number of allylic oxidation sites excluding steroid dienone is 10. The molecule has 18 heavy (non-hydrogen) atoms. The van der Waals surface area contributed by atoms with Gasteiger partial charge in [-0.1, -0.05) is 33.1 Å². The molecule has 0 unspecified atom stereocenters. The largest absolute Gasteiger partial charge is 0.194 e. The van der Waals surface area contributed by atoms with E-state index in [2.05, 4.69) is 51.3 Å². The zero-order valence-electron chi connectivity index (χ0n) is 12.1. The first kappa shape index (κ1) is 22.7. The van der Waals surface area contributed by atoms with Crippen molar-refractivity contribution in [3.8, 4) is 0 Å². The van der Waals surface area contributed by atoms with Crippen LogP contribution in [0.1, 0.15) is 27.7 Å². The van der Waals surface area contributed by atoms with Crippen molar-refractivity contribution >= 4 is 0 Å². The molecule has 0 spiro atoms. The summed E-state index contributed by atoms with van der Waals surface area (Å²) in [5, 5.41) is 0. The molecule has 0 aromatic rings. The second-order valence-corrected chi connectivity index (χ2v) is 3.62. The van der Waals surface area contributed by atoms with E-state index in [0.717, 1.165) is 0 Å². The molecule has 0 nitrogen and oxygen atoms in total. The Kier molecular flexibility index (Phi) is 20.9. The molecule has 1 heteroatoms. The maximum atomic E-state index is 3.43. The van der Waals surface area contributed by atoms with Crippen LogP contribution in [-0.4, -0.2) is 0 Å². The fourth-order valence-electron chi connectivity index (χ4n) is 0.862. The molecular weight excluding hydrogens is 293 g/mol. The minimum atomic E-state index is 0. The molecule has 0 aliphatic heterocycles. The summed E-state index contributed by atoms with van der Waals surface area (Å²) in [6.45, 7) is 15.2. The predicted octanol–water partition coefficient (Wildman–Crippen LogP) is 5.24. The van der Waals surface area contributed by atoms with E-state index in [1.165, 1.54) is 0 Å². The van der Waals surface area contributed by atoms with Crippen LogP contribution in [0.3, 0.4) is 0 Å². The second kappa shape index (κ2) is 16.5. The zero-order chi connectivity index (χ0) is 13.6. The number of hydrogen-bond donors (Lipinski definition) is 0. The van der Waals surface area contributed by atoms with Gasteiger partial charge in [0.1, 0.15) is 0 Å². The van der Waals surface area contributed by atoms with Gasteiger partial charge in [-0.15, -0.1) is 6.08 Å². The third kappa shape index (κ3) is 17.9. The van der Waals surface area contributed by atoms with E-state index < -0.39 is 0 Å². The van der Waals surface area contributed by atoms with Crippen LogP contribution in [0.15, 0.2) is 61.8 Å². The summed E-state index contributed by atoms with van der Waals surface area (Å²) in [5.41, 5.74) is 0.208. The molecule has 0 fully saturated rings. The summed E-state index contributed by atoms with van der Waals surface area (Å²) in [5.74, 6) is 0. The van der Waals surface area contributed by atoms with Gasteiger partial charge >= 0.3 is 0 Å². The summed E-state index contributed by atoms with van der Waals surface area (Å²) in [6, 6.07) is 0. The van der Waals surface area contributed by atoms with E-state index in [9.17, 15) is 0 Å². The zero-order valence-corrected chi connectivity index (χ0v) is 14.9. The Morgan fingerprint density at radius 1 is 1.17 bits per heavy atom. The molecule has 1 aliphatic rings. The third-order valence-electron chi connectivity index (χ3n) is 1.66. The topological polar surface area (TPSA) is 0 Å². The molecule has 1 radical (unpaired) electrons. The van der Waals surface area contributed by atoms with Crippen molar-refractivity contribution in [1.29, 1.82) is 0 Å². The Morgan fingerprint density at radius 2 is 1.78 bits per heavy atom. The van der Waals surface area contributed by atoms with E-state index >= 15 is 0 Å². The molecule has 0 aromatic heterocycles. The van der Waals surface area contributed by atoms with Crippen LogP contribution >= 0.6 is 0 Å². The van der Waals surface area contributed by atoms with Crippen LogP contribution in [0.5, 0.6) is 0 Å². The average molecular weight is 317 g/mol. The molecule has 0 saturated heterocycles. The first-order valence-electron chi connectivity index (χ1n) is 5.88. The van der Waals surface area contributed by atoms with Gasteiger partial charge in [-0.2, -0.15) is 67.8 Å². The van der Waals surface area contributed by atoms with E-state index in [0.29, 0.717) is 0 Å². The van der Waals surface area contributed by atoms with Crippen LogP contribution in [-0.2, 0) is 32.7 Å². The summed E-state index contributed by atoms with van der Waals surface area (Å²) in [7, 11) is 0. The van der Waals surface area contributed by atoms with Crippen molar-refractivity contribution in [1.82, 2.24) is 0 Å².